The largest absolute Gasteiger partial charge is 0.369 e. The third-order valence-electron chi connectivity index (χ3n) is 4.65. The molecule has 0 spiro atoms. The molecule has 2 aromatic carbocycles. The Morgan fingerprint density at radius 2 is 1.66 bits per heavy atom. The molecule has 0 saturated carbocycles. The maximum Gasteiger partial charge on any atom is 0.366 e. The van der Waals surface area contributed by atoms with Gasteiger partial charge in [-0.15, -0.1) is 9.89 Å². The number of ether oxygens (including phenoxy) is 1. The van der Waals surface area contributed by atoms with Crippen molar-refractivity contribution in [2.24, 2.45) is 0 Å². The van der Waals surface area contributed by atoms with E-state index in [0.717, 1.165) is 15.7 Å². The van der Waals surface area contributed by atoms with E-state index in [1.54, 1.807) is 18.3 Å². The highest BCUT2D eigenvalue weighted by Gasteiger charge is 2.16. The lowest BCUT2D eigenvalue weighted by Crippen LogP contribution is -2.36. The molecule has 0 aliphatic carbocycles. The SMILES string of the molecule is CCn1c(COCc2ccccc2)nn(-n2cc(Br)c3ccccc3c2=O)c1=O. The van der Waals surface area contributed by atoms with Gasteiger partial charge in [-0.25, -0.2) is 4.79 Å². The van der Waals surface area contributed by atoms with E-state index in [9.17, 15) is 9.59 Å². The molecule has 0 N–H and O–H groups in total. The van der Waals surface area contributed by atoms with E-state index in [1.807, 2.05) is 49.4 Å². The molecule has 0 bridgehead atoms. The summed E-state index contributed by atoms with van der Waals surface area (Å²) in [6.07, 6.45) is 1.56. The van der Waals surface area contributed by atoms with Crippen LogP contribution in [0.2, 0.25) is 0 Å². The Morgan fingerprint density at radius 3 is 2.38 bits per heavy atom. The molecule has 0 amide bonds. The monoisotopic (exact) mass is 454 g/mol. The van der Waals surface area contributed by atoms with Crippen molar-refractivity contribution in [1.82, 2.24) is 19.1 Å². The van der Waals surface area contributed by atoms with Gasteiger partial charge in [-0.1, -0.05) is 48.5 Å². The number of fused-ring (bicyclic) bond motifs is 1. The standard InChI is InChI=1S/C21H19BrN4O3/c1-2-24-19(14-29-13-15-8-4-3-5-9-15)23-26(21(24)28)25-12-18(22)16-10-6-7-11-17(16)20(25)27/h3-12H,2,13-14H2,1H3. The van der Waals surface area contributed by atoms with Gasteiger partial charge in [0.1, 0.15) is 6.61 Å². The minimum Gasteiger partial charge on any atom is -0.369 e. The van der Waals surface area contributed by atoms with E-state index < -0.39 is 5.69 Å². The fourth-order valence-electron chi connectivity index (χ4n) is 3.20. The zero-order valence-electron chi connectivity index (χ0n) is 15.8. The van der Waals surface area contributed by atoms with Crippen molar-refractivity contribution in [3.8, 4) is 0 Å². The minimum atomic E-state index is -0.393. The lowest BCUT2D eigenvalue weighted by atomic mass is 10.2. The molecular formula is C21H19BrN4O3. The Morgan fingerprint density at radius 1 is 0.966 bits per heavy atom. The van der Waals surface area contributed by atoms with Crippen LogP contribution in [0.3, 0.4) is 0 Å². The Kier molecular flexibility index (Phi) is 5.46. The molecule has 4 aromatic rings. The van der Waals surface area contributed by atoms with Crippen LogP contribution in [-0.2, 0) is 24.5 Å². The summed E-state index contributed by atoms with van der Waals surface area (Å²) < 4.78 is 9.17. The number of benzene rings is 2. The molecule has 0 aliphatic heterocycles. The molecule has 2 aromatic heterocycles. The molecule has 0 saturated heterocycles. The highest BCUT2D eigenvalue weighted by atomic mass is 79.9. The summed E-state index contributed by atoms with van der Waals surface area (Å²) in [5.74, 6) is 0.463. The van der Waals surface area contributed by atoms with Gasteiger partial charge in [-0.05, 0) is 34.5 Å². The van der Waals surface area contributed by atoms with Crippen molar-refractivity contribution in [2.75, 3.05) is 0 Å². The predicted octanol–water partition coefficient (Wildman–Crippen LogP) is 3.17. The lowest BCUT2D eigenvalue weighted by molar-refractivity contribution is 0.0987. The van der Waals surface area contributed by atoms with Crippen LogP contribution in [0, 0.1) is 0 Å². The van der Waals surface area contributed by atoms with Gasteiger partial charge in [-0.2, -0.15) is 4.68 Å². The van der Waals surface area contributed by atoms with Crippen molar-refractivity contribution in [1.29, 1.82) is 0 Å². The second-order valence-corrected chi connectivity index (χ2v) is 7.34. The first kappa shape index (κ1) is 19.4. The van der Waals surface area contributed by atoms with E-state index in [0.29, 0.717) is 28.8 Å². The first-order chi connectivity index (χ1) is 14.1. The second kappa shape index (κ2) is 8.18. The van der Waals surface area contributed by atoms with E-state index in [-0.39, 0.29) is 12.2 Å². The molecule has 148 valence electrons. The lowest BCUT2D eigenvalue weighted by Gasteiger charge is -2.07. The highest BCUT2D eigenvalue weighted by Crippen LogP contribution is 2.20. The van der Waals surface area contributed by atoms with Crippen LogP contribution in [0.25, 0.3) is 10.8 Å². The summed E-state index contributed by atoms with van der Waals surface area (Å²) in [6.45, 7) is 2.85. The number of rotatable bonds is 6. The first-order valence-electron chi connectivity index (χ1n) is 9.21. The van der Waals surface area contributed by atoms with Crippen LogP contribution in [0.1, 0.15) is 18.3 Å². The van der Waals surface area contributed by atoms with Crippen LogP contribution in [-0.4, -0.2) is 19.1 Å². The third-order valence-corrected chi connectivity index (χ3v) is 5.28. The van der Waals surface area contributed by atoms with Gasteiger partial charge < -0.3 is 4.74 Å². The van der Waals surface area contributed by atoms with E-state index >= 15 is 0 Å². The number of hydrogen-bond donors (Lipinski definition) is 0. The number of halogens is 1. The summed E-state index contributed by atoms with van der Waals surface area (Å²) in [4.78, 5) is 26.9. The van der Waals surface area contributed by atoms with Crippen LogP contribution in [0.4, 0.5) is 0 Å². The normalized spacial score (nSPS) is 11.2. The maximum absolute atomic E-state index is 12.9. The van der Waals surface area contributed by atoms with Gasteiger partial charge in [0.05, 0.1) is 12.0 Å². The first-order valence-corrected chi connectivity index (χ1v) is 10.0. The van der Waals surface area contributed by atoms with Crippen molar-refractivity contribution in [3.63, 3.8) is 0 Å². The number of aromatic nitrogens is 4. The third kappa shape index (κ3) is 3.68. The number of hydrogen-bond acceptors (Lipinski definition) is 4. The smallest absolute Gasteiger partial charge is 0.366 e. The fourth-order valence-corrected chi connectivity index (χ4v) is 3.74. The van der Waals surface area contributed by atoms with Crippen LogP contribution in [0.5, 0.6) is 0 Å². The van der Waals surface area contributed by atoms with Gasteiger partial charge in [0.15, 0.2) is 5.82 Å². The Balaban J connectivity index is 1.71. The van der Waals surface area contributed by atoms with Gasteiger partial charge in [0, 0.05) is 22.6 Å². The van der Waals surface area contributed by atoms with Gasteiger partial charge in [0.2, 0.25) is 0 Å². The molecule has 0 unspecified atom stereocenters. The molecule has 29 heavy (non-hydrogen) atoms. The second-order valence-electron chi connectivity index (χ2n) is 6.48. The van der Waals surface area contributed by atoms with Crippen LogP contribution < -0.4 is 11.2 Å². The molecule has 0 fully saturated rings. The van der Waals surface area contributed by atoms with E-state index in [1.165, 1.54) is 9.24 Å². The van der Waals surface area contributed by atoms with Gasteiger partial charge in [0.25, 0.3) is 5.56 Å². The number of pyridine rings is 1. The summed E-state index contributed by atoms with van der Waals surface area (Å²) in [6, 6.07) is 17.0. The Labute approximate surface area is 174 Å². The van der Waals surface area contributed by atoms with E-state index in [4.69, 9.17) is 4.74 Å². The maximum atomic E-state index is 12.9. The van der Waals surface area contributed by atoms with Crippen molar-refractivity contribution in [3.05, 3.63) is 97.5 Å². The molecular weight excluding hydrogens is 436 g/mol. The van der Waals surface area contributed by atoms with Crippen molar-refractivity contribution < 1.29 is 4.74 Å². The van der Waals surface area contributed by atoms with Crippen LogP contribution >= 0.6 is 15.9 Å². The topological polar surface area (TPSA) is 71.0 Å². The van der Waals surface area contributed by atoms with Gasteiger partial charge >= 0.3 is 5.69 Å². The molecule has 0 aliphatic rings. The van der Waals surface area contributed by atoms with E-state index in [2.05, 4.69) is 21.0 Å². The molecule has 0 radical (unpaired) electrons. The molecule has 0 atom stereocenters. The molecule has 8 heteroatoms. The predicted molar refractivity (Wildman–Crippen MR) is 114 cm³/mol. The highest BCUT2D eigenvalue weighted by molar-refractivity contribution is 9.10. The average molecular weight is 455 g/mol. The summed E-state index contributed by atoms with van der Waals surface area (Å²) in [7, 11) is 0. The summed E-state index contributed by atoms with van der Waals surface area (Å²) >= 11 is 3.48. The zero-order valence-corrected chi connectivity index (χ0v) is 17.4. The minimum absolute atomic E-state index is 0.161. The zero-order chi connectivity index (χ0) is 20.4. The molecule has 7 nitrogen and oxygen atoms in total. The summed E-state index contributed by atoms with van der Waals surface area (Å²) in [5, 5.41) is 5.66. The molecule has 4 rings (SSSR count). The Bertz CT molecular complexity index is 1270. The fraction of sp³-hybridized carbons (Fsp3) is 0.190. The van der Waals surface area contributed by atoms with Gasteiger partial charge in [-0.3, -0.25) is 9.36 Å². The van der Waals surface area contributed by atoms with Crippen molar-refractivity contribution in [2.45, 2.75) is 26.7 Å². The average Bonchev–Trinajstić information content (AvgIpc) is 3.06. The summed E-state index contributed by atoms with van der Waals surface area (Å²) in [5.41, 5.74) is 0.325. The quantitative estimate of drug-likeness (QED) is 0.448. The van der Waals surface area contributed by atoms with Crippen molar-refractivity contribution >= 4 is 26.7 Å². The molecule has 2 heterocycles. The number of nitrogens with zero attached hydrogens (tertiary/aromatic N) is 4. The Hall–Kier alpha value is -2.97. The van der Waals surface area contributed by atoms with Crippen LogP contribution in [0.15, 0.2) is 74.9 Å².